The van der Waals surface area contributed by atoms with Crippen LogP contribution >= 0.6 is 0 Å². The van der Waals surface area contributed by atoms with E-state index in [0.29, 0.717) is 19.8 Å². The SMILES string of the molecule is O=C1CCC(=O)N1[C@@H]1CO[C@H](COCc2ccccc2)[C@H](OCc2ccccc2)[C@@H]1OCc1ccccc1. The Hall–Kier alpha value is -3.36. The molecular formula is C31H33NO6. The number of carbonyl (C=O) groups excluding carboxylic acids is 2. The summed E-state index contributed by atoms with van der Waals surface area (Å²) in [6.45, 7) is 1.55. The first kappa shape index (κ1) is 26.3. The number of hydrogen-bond donors (Lipinski definition) is 0. The lowest BCUT2D eigenvalue weighted by Gasteiger charge is -2.44. The Bertz CT molecular complexity index is 1160. The van der Waals surface area contributed by atoms with Crippen LogP contribution in [0.2, 0.25) is 0 Å². The summed E-state index contributed by atoms with van der Waals surface area (Å²) in [5.74, 6) is -0.394. The second kappa shape index (κ2) is 12.9. The van der Waals surface area contributed by atoms with Crippen LogP contribution in [0, 0.1) is 0 Å². The van der Waals surface area contributed by atoms with E-state index in [1.165, 1.54) is 4.90 Å². The van der Waals surface area contributed by atoms with E-state index >= 15 is 0 Å². The molecule has 4 atom stereocenters. The quantitative estimate of drug-likeness (QED) is 0.355. The number of imide groups is 1. The number of likely N-dealkylation sites (tertiary alicyclic amines) is 1. The van der Waals surface area contributed by atoms with E-state index in [4.69, 9.17) is 18.9 Å². The molecule has 38 heavy (non-hydrogen) atoms. The lowest BCUT2D eigenvalue weighted by atomic mass is 9.96. The lowest BCUT2D eigenvalue weighted by Crippen LogP contribution is -2.62. The van der Waals surface area contributed by atoms with Gasteiger partial charge in [0.05, 0.1) is 39.1 Å². The maximum atomic E-state index is 12.7. The van der Waals surface area contributed by atoms with Gasteiger partial charge in [-0.05, 0) is 16.7 Å². The molecule has 2 amide bonds. The zero-order chi connectivity index (χ0) is 26.2. The van der Waals surface area contributed by atoms with Crippen LogP contribution in [0.1, 0.15) is 29.5 Å². The van der Waals surface area contributed by atoms with Crippen molar-refractivity contribution in [2.24, 2.45) is 0 Å². The van der Waals surface area contributed by atoms with Crippen molar-refractivity contribution in [1.29, 1.82) is 0 Å². The molecular weight excluding hydrogens is 482 g/mol. The molecule has 2 aliphatic rings. The van der Waals surface area contributed by atoms with Crippen molar-refractivity contribution in [2.45, 2.75) is 57.0 Å². The molecule has 0 unspecified atom stereocenters. The normalized spacial score (nSPS) is 23.6. The standard InChI is InChI=1S/C31H33NO6/c33-28-16-17-29(34)32(28)26-21-36-27(22-35-18-23-10-4-1-5-11-23)31(38-20-25-14-8-3-9-15-25)30(26)37-19-24-12-6-2-7-13-24/h1-15,26-27,30-31H,16-22H2/t26-,27-,30-,31+/m1/s1. The first-order valence-corrected chi connectivity index (χ1v) is 13.1. The van der Waals surface area contributed by atoms with E-state index in [2.05, 4.69) is 0 Å². The predicted octanol–water partition coefficient (Wildman–Crippen LogP) is 4.29. The van der Waals surface area contributed by atoms with Gasteiger partial charge in [-0.3, -0.25) is 14.5 Å². The number of benzene rings is 3. The molecule has 2 fully saturated rings. The molecule has 0 spiro atoms. The fourth-order valence-corrected chi connectivity index (χ4v) is 4.98. The van der Waals surface area contributed by atoms with Crippen molar-refractivity contribution >= 4 is 11.8 Å². The summed E-state index contributed by atoms with van der Waals surface area (Å²) < 4.78 is 25.2. The van der Waals surface area contributed by atoms with E-state index in [1.54, 1.807) is 0 Å². The van der Waals surface area contributed by atoms with Crippen LogP contribution < -0.4 is 0 Å². The highest BCUT2D eigenvalue weighted by atomic mass is 16.6. The van der Waals surface area contributed by atoms with Crippen molar-refractivity contribution in [2.75, 3.05) is 13.2 Å². The van der Waals surface area contributed by atoms with E-state index in [-0.39, 0.29) is 37.9 Å². The van der Waals surface area contributed by atoms with Gasteiger partial charge < -0.3 is 18.9 Å². The fourth-order valence-electron chi connectivity index (χ4n) is 4.98. The molecule has 5 rings (SSSR count). The third-order valence-corrected chi connectivity index (χ3v) is 6.94. The number of carbonyl (C=O) groups is 2. The fraction of sp³-hybridized carbons (Fsp3) is 0.355. The molecule has 2 aliphatic heterocycles. The van der Waals surface area contributed by atoms with Crippen molar-refractivity contribution in [3.63, 3.8) is 0 Å². The Morgan fingerprint density at radius 3 is 1.66 bits per heavy atom. The number of rotatable bonds is 11. The summed E-state index contributed by atoms with van der Waals surface area (Å²) in [5, 5.41) is 0. The zero-order valence-electron chi connectivity index (χ0n) is 21.3. The highest BCUT2D eigenvalue weighted by Gasteiger charge is 2.49. The summed E-state index contributed by atoms with van der Waals surface area (Å²) >= 11 is 0. The van der Waals surface area contributed by atoms with Gasteiger partial charge in [0, 0.05) is 12.8 Å². The Morgan fingerprint density at radius 1 is 0.658 bits per heavy atom. The molecule has 0 radical (unpaired) electrons. The summed E-state index contributed by atoms with van der Waals surface area (Å²) in [5.41, 5.74) is 3.07. The summed E-state index contributed by atoms with van der Waals surface area (Å²) in [7, 11) is 0. The number of nitrogens with zero attached hydrogens (tertiary/aromatic N) is 1. The maximum absolute atomic E-state index is 12.7. The molecule has 7 heteroatoms. The molecule has 3 aromatic rings. The van der Waals surface area contributed by atoms with Crippen molar-refractivity contribution in [3.05, 3.63) is 108 Å². The smallest absolute Gasteiger partial charge is 0.230 e. The monoisotopic (exact) mass is 515 g/mol. The van der Waals surface area contributed by atoms with Gasteiger partial charge in [-0.25, -0.2) is 0 Å². The minimum Gasteiger partial charge on any atom is -0.374 e. The maximum Gasteiger partial charge on any atom is 0.230 e. The predicted molar refractivity (Wildman–Crippen MR) is 141 cm³/mol. The molecule has 3 aromatic carbocycles. The molecule has 0 aromatic heterocycles. The Kier molecular flexibility index (Phi) is 8.94. The zero-order valence-corrected chi connectivity index (χ0v) is 21.3. The van der Waals surface area contributed by atoms with Gasteiger partial charge in [0.2, 0.25) is 11.8 Å². The molecule has 0 saturated carbocycles. The molecule has 198 valence electrons. The van der Waals surface area contributed by atoms with Gasteiger partial charge >= 0.3 is 0 Å². The topological polar surface area (TPSA) is 74.3 Å². The van der Waals surface area contributed by atoms with E-state index in [0.717, 1.165) is 16.7 Å². The van der Waals surface area contributed by atoms with Gasteiger partial charge in [0.1, 0.15) is 18.3 Å². The number of amides is 2. The lowest BCUT2D eigenvalue weighted by molar-refractivity contribution is -0.222. The van der Waals surface area contributed by atoms with Crippen LogP contribution in [-0.4, -0.2) is 54.3 Å². The summed E-state index contributed by atoms with van der Waals surface area (Å²) in [6.07, 6.45) is -1.16. The van der Waals surface area contributed by atoms with Crippen LogP contribution in [0.5, 0.6) is 0 Å². The molecule has 0 N–H and O–H groups in total. The highest BCUT2D eigenvalue weighted by Crippen LogP contribution is 2.30. The molecule has 2 saturated heterocycles. The van der Waals surface area contributed by atoms with Crippen molar-refractivity contribution in [1.82, 2.24) is 4.90 Å². The Balaban J connectivity index is 1.37. The number of hydrogen-bond acceptors (Lipinski definition) is 6. The van der Waals surface area contributed by atoms with Gasteiger partial charge in [-0.15, -0.1) is 0 Å². The third kappa shape index (κ3) is 6.55. The summed E-state index contributed by atoms with van der Waals surface area (Å²) in [4.78, 5) is 26.8. The van der Waals surface area contributed by atoms with Crippen LogP contribution in [-0.2, 0) is 48.4 Å². The average molecular weight is 516 g/mol. The van der Waals surface area contributed by atoms with Gasteiger partial charge in [0.15, 0.2) is 0 Å². The molecule has 2 heterocycles. The second-order valence-electron chi connectivity index (χ2n) is 9.62. The highest BCUT2D eigenvalue weighted by molar-refractivity contribution is 6.02. The minimum atomic E-state index is -0.580. The largest absolute Gasteiger partial charge is 0.374 e. The molecule has 0 aliphatic carbocycles. The van der Waals surface area contributed by atoms with Gasteiger partial charge in [-0.2, -0.15) is 0 Å². The van der Waals surface area contributed by atoms with Crippen molar-refractivity contribution in [3.8, 4) is 0 Å². The van der Waals surface area contributed by atoms with Crippen LogP contribution in [0.3, 0.4) is 0 Å². The summed E-state index contributed by atoms with van der Waals surface area (Å²) in [6, 6.07) is 29.1. The van der Waals surface area contributed by atoms with Crippen LogP contribution in [0.25, 0.3) is 0 Å². The van der Waals surface area contributed by atoms with E-state index in [9.17, 15) is 9.59 Å². The Morgan fingerprint density at radius 2 is 1.13 bits per heavy atom. The number of ether oxygens (including phenoxy) is 4. The van der Waals surface area contributed by atoms with Gasteiger partial charge in [-0.1, -0.05) is 91.0 Å². The van der Waals surface area contributed by atoms with E-state index < -0.39 is 24.4 Å². The first-order chi connectivity index (χ1) is 18.7. The molecule has 7 nitrogen and oxygen atoms in total. The van der Waals surface area contributed by atoms with Crippen molar-refractivity contribution < 1.29 is 28.5 Å². The van der Waals surface area contributed by atoms with Gasteiger partial charge in [0.25, 0.3) is 0 Å². The third-order valence-electron chi connectivity index (χ3n) is 6.94. The van der Waals surface area contributed by atoms with Crippen LogP contribution in [0.4, 0.5) is 0 Å². The average Bonchev–Trinajstić information content (AvgIpc) is 3.30. The Labute approximate surface area is 223 Å². The van der Waals surface area contributed by atoms with E-state index in [1.807, 2.05) is 91.0 Å². The second-order valence-corrected chi connectivity index (χ2v) is 9.62. The first-order valence-electron chi connectivity index (χ1n) is 13.1. The van der Waals surface area contributed by atoms with Crippen LogP contribution in [0.15, 0.2) is 91.0 Å². The molecule has 0 bridgehead atoms. The minimum absolute atomic E-state index is 0.168.